The molecule has 1 amide bonds. The molecule has 1 fully saturated rings. The smallest absolute Gasteiger partial charge is 0.227 e. The minimum atomic E-state index is 0.0790. The van der Waals surface area contributed by atoms with E-state index >= 15 is 0 Å². The molecule has 4 heteroatoms. The van der Waals surface area contributed by atoms with Gasteiger partial charge < -0.3 is 14.7 Å². The number of nitrogens with zero attached hydrogens (tertiary/aromatic N) is 1. The average molecular weight is 261 g/mol. The molecule has 1 N–H and O–H groups in total. The molecule has 19 heavy (non-hydrogen) atoms. The van der Waals surface area contributed by atoms with E-state index in [-0.39, 0.29) is 17.8 Å². The lowest BCUT2D eigenvalue weighted by atomic mass is 10.1. The number of ether oxygens (including phenoxy) is 1. The molecule has 1 aromatic rings. The zero-order chi connectivity index (χ0) is 13.7. The van der Waals surface area contributed by atoms with Crippen LogP contribution in [-0.2, 0) is 16.0 Å². The normalized spacial score (nSPS) is 18.5. The number of likely N-dealkylation sites (tertiary alicyclic amines) is 1. The lowest BCUT2D eigenvalue weighted by Crippen LogP contribution is -2.31. The van der Waals surface area contributed by atoms with Crippen molar-refractivity contribution in [3.63, 3.8) is 0 Å². The molecule has 0 bridgehead atoms. The van der Waals surface area contributed by atoms with E-state index in [2.05, 4.69) is 6.58 Å². The molecule has 1 atom stereocenters. The Hall–Kier alpha value is -1.81. The summed E-state index contributed by atoms with van der Waals surface area (Å²) in [6.45, 7) is 5.52. The van der Waals surface area contributed by atoms with Gasteiger partial charge in [0, 0.05) is 13.1 Å². The molecule has 102 valence electrons. The molecule has 1 aliphatic heterocycles. The number of phenolic OH excluding ortho intramolecular Hbond substituents is 1. The maximum absolute atomic E-state index is 12.1. The van der Waals surface area contributed by atoms with Crippen LogP contribution in [0.15, 0.2) is 36.9 Å². The molecule has 0 aromatic heterocycles. The van der Waals surface area contributed by atoms with E-state index in [1.54, 1.807) is 24.3 Å². The van der Waals surface area contributed by atoms with Gasteiger partial charge in [-0.3, -0.25) is 4.79 Å². The maximum atomic E-state index is 12.1. The molecule has 1 aliphatic rings. The topological polar surface area (TPSA) is 49.8 Å². The molecule has 0 aliphatic carbocycles. The molecule has 2 rings (SSSR count). The Morgan fingerprint density at radius 1 is 1.58 bits per heavy atom. The number of phenols is 1. The first-order valence-electron chi connectivity index (χ1n) is 6.47. The molecule has 1 aromatic carbocycles. The van der Waals surface area contributed by atoms with Crippen LogP contribution < -0.4 is 0 Å². The summed E-state index contributed by atoms with van der Waals surface area (Å²) in [5.41, 5.74) is 0.834. The first-order valence-corrected chi connectivity index (χ1v) is 6.47. The fraction of sp³-hybridized carbons (Fsp3) is 0.400. The monoisotopic (exact) mass is 261 g/mol. The number of hydrogen-bond donors (Lipinski definition) is 1. The van der Waals surface area contributed by atoms with Crippen molar-refractivity contribution in [3.8, 4) is 5.75 Å². The molecule has 0 radical (unpaired) electrons. The van der Waals surface area contributed by atoms with Crippen molar-refractivity contribution >= 4 is 5.91 Å². The van der Waals surface area contributed by atoms with Crippen LogP contribution in [-0.4, -0.2) is 41.7 Å². The minimum Gasteiger partial charge on any atom is -0.508 e. The van der Waals surface area contributed by atoms with Crippen molar-refractivity contribution in [1.82, 2.24) is 4.90 Å². The Labute approximate surface area is 113 Å². The second-order valence-electron chi connectivity index (χ2n) is 4.72. The summed E-state index contributed by atoms with van der Waals surface area (Å²) in [5.74, 6) is 0.272. The molecule has 0 saturated carbocycles. The summed E-state index contributed by atoms with van der Waals surface area (Å²) < 4.78 is 5.55. The van der Waals surface area contributed by atoms with Crippen LogP contribution >= 0.6 is 0 Å². The highest BCUT2D eigenvalue weighted by Crippen LogP contribution is 2.16. The highest BCUT2D eigenvalue weighted by atomic mass is 16.5. The molecule has 1 heterocycles. The molecule has 1 saturated heterocycles. The van der Waals surface area contributed by atoms with Gasteiger partial charge in [0.1, 0.15) is 5.75 Å². The molecule has 4 nitrogen and oxygen atoms in total. The highest BCUT2D eigenvalue weighted by Gasteiger charge is 2.26. The number of hydrogen-bond acceptors (Lipinski definition) is 3. The van der Waals surface area contributed by atoms with Gasteiger partial charge in [-0.1, -0.05) is 18.2 Å². The summed E-state index contributed by atoms with van der Waals surface area (Å²) in [5, 5.41) is 9.38. The third kappa shape index (κ3) is 3.83. The van der Waals surface area contributed by atoms with Crippen molar-refractivity contribution in [3.05, 3.63) is 42.5 Å². The summed E-state index contributed by atoms with van der Waals surface area (Å²) in [6.07, 6.45) is 3.03. The number of amides is 1. The van der Waals surface area contributed by atoms with Gasteiger partial charge in [-0.2, -0.15) is 0 Å². The summed E-state index contributed by atoms with van der Waals surface area (Å²) >= 11 is 0. The predicted octanol–water partition coefficient (Wildman–Crippen LogP) is 1.74. The van der Waals surface area contributed by atoms with Crippen LogP contribution in [0, 0.1) is 0 Å². The largest absolute Gasteiger partial charge is 0.508 e. The lowest BCUT2D eigenvalue weighted by Gasteiger charge is -2.16. The van der Waals surface area contributed by atoms with E-state index in [0.29, 0.717) is 19.6 Å². The second kappa shape index (κ2) is 6.38. The predicted molar refractivity (Wildman–Crippen MR) is 72.9 cm³/mol. The van der Waals surface area contributed by atoms with Gasteiger partial charge >= 0.3 is 0 Å². The van der Waals surface area contributed by atoms with Gasteiger partial charge in [0.25, 0.3) is 0 Å². The fourth-order valence-electron chi connectivity index (χ4n) is 2.25. The van der Waals surface area contributed by atoms with Crippen LogP contribution in [0.5, 0.6) is 5.75 Å². The fourth-order valence-corrected chi connectivity index (χ4v) is 2.25. The SMILES string of the molecule is C=CCO[C@H]1CCN(C(=O)Cc2cccc(O)c2)C1. The van der Waals surface area contributed by atoms with E-state index in [1.165, 1.54) is 0 Å². The van der Waals surface area contributed by atoms with Gasteiger partial charge in [-0.15, -0.1) is 6.58 Å². The van der Waals surface area contributed by atoms with E-state index in [4.69, 9.17) is 4.74 Å². The average Bonchev–Trinajstić information content (AvgIpc) is 2.85. The zero-order valence-electron chi connectivity index (χ0n) is 10.9. The van der Waals surface area contributed by atoms with Gasteiger partial charge in [0.15, 0.2) is 0 Å². The number of aromatic hydroxyl groups is 1. The van der Waals surface area contributed by atoms with Crippen molar-refractivity contribution < 1.29 is 14.6 Å². The van der Waals surface area contributed by atoms with Gasteiger partial charge in [-0.05, 0) is 24.1 Å². The van der Waals surface area contributed by atoms with E-state index in [1.807, 2.05) is 11.0 Å². The second-order valence-corrected chi connectivity index (χ2v) is 4.72. The number of carbonyl (C=O) groups is 1. The third-order valence-corrected chi connectivity index (χ3v) is 3.21. The van der Waals surface area contributed by atoms with Crippen LogP contribution in [0.2, 0.25) is 0 Å². The lowest BCUT2D eigenvalue weighted by molar-refractivity contribution is -0.129. The van der Waals surface area contributed by atoms with Gasteiger partial charge in [0.05, 0.1) is 19.1 Å². The first-order chi connectivity index (χ1) is 9.19. The number of carbonyl (C=O) groups excluding carboxylic acids is 1. The Balaban J connectivity index is 1.86. The molecule has 0 spiro atoms. The van der Waals surface area contributed by atoms with Crippen molar-refractivity contribution in [2.75, 3.05) is 19.7 Å². The van der Waals surface area contributed by atoms with Gasteiger partial charge in [-0.25, -0.2) is 0 Å². The quantitative estimate of drug-likeness (QED) is 0.821. The molecular formula is C15H19NO3. The third-order valence-electron chi connectivity index (χ3n) is 3.21. The molecule has 0 unspecified atom stereocenters. The first kappa shape index (κ1) is 13.6. The summed E-state index contributed by atoms with van der Waals surface area (Å²) in [4.78, 5) is 13.9. The minimum absolute atomic E-state index is 0.0790. The van der Waals surface area contributed by atoms with Crippen LogP contribution in [0.4, 0.5) is 0 Å². The van der Waals surface area contributed by atoms with E-state index in [0.717, 1.165) is 18.5 Å². The zero-order valence-corrected chi connectivity index (χ0v) is 10.9. The summed E-state index contributed by atoms with van der Waals surface area (Å²) in [7, 11) is 0. The Kier molecular flexibility index (Phi) is 4.58. The number of rotatable bonds is 5. The van der Waals surface area contributed by atoms with E-state index < -0.39 is 0 Å². The maximum Gasteiger partial charge on any atom is 0.227 e. The standard InChI is InChI=1S/C15H19NO3/c1-2-8-19-14-6-7-16(11-14)15(18)10-12-4-3-5-13(17)9-12/h2-5,9,14,17H,1,6-8,10-11H2/t14-/m0/s1. The van der Waals surface area contributed by atoms with Crippen LogP contribution in [0.1, 0.15) is 12.0 Å². The van der Waals surface area contributed by atoms with Crippen molar-refractivity contribution in [2.45, 2.75) is 18.9 Å². The highest BCUT2D eigenvalue weighted by molar-refractivity contribution is 5.79. The van der Waals surface area contributed by atoms with Crippen LogP contribution in [0.25, 0.3) is 0 Å². The van der Waals surface area contributed by atoms with Gasteiger partial charge in [0.2, 0.25) is 5.91 Å². The van der Waals surface area contributed by atoms with Crippen LogP contribution in [0.3, 0.4) is 0 Å². The van der Waals surface area contributed by atoms with Crippen molar-refractivity contribution in [1.29, 1.82) is 0 Å². The molecular weight excluding hydrogens is 242 g/mol. The number of benzene rings is 1. The summed E-state index contributed by atoms with van der Waals surface area (Å²) in [6, 6.07) is 6.82. The van der Waals surface area contributed by atoms with E-state index in [9.17, 15) is 9.90 Å². The Morgan fingerprint density at radius 2 is 2.42 bits per heavy atom. The Bertz CT molecular complexity index is 458. The Morgan fingerprint density at radius 3 is 3.16 bits per heavy atom. The van der Waals surface area contributed by atoms with Crippen molar-refractivity contribution in [2.24, 2.45) is 0 Å².